The number of nitrogens with one attached hydrogen (secondary N) is 2. The number of anilines is 1. The summed E-state index contributed by atoms with van der Waals surface area (Å²) in [5, 5.41) is 6.10. The Labute approximate surface area is 172 Å². The van der Waals surface area contributed by atoms with Gasteiger partial charge in [0, 0.05) is 37.1 Å². The zero-order valence-electron chi connectivity index (χ0n) is 17.0. The Hall–Kier alpha value is -3.37. The lowest BCUT2D eigenvalue weighted by Gasteiger charge is -2.16. The fourth-order valence-electron chi connectivity index (χ4n) is 2.43. The molecule has 1 aromatic heterocycles. The second-order valence-electron chi connectivity index (χ2n) is 5.77. The number of methoxy groups -OCH3 is 3. The van der Waals surface area contributed by atoms with Crippen LogP contribution in [-0.2, 0) is 6.18 Å². The molecule has 0 aliphatic carbocycles. The molecule has 1 heterocycles. The van der Waals surface area contributed by atoms with Crippen molar-refractivity contribution in [1.29, 1.82) is 0 Å². The molecule has 0 fully saturated rings. The molecule has 1 aromatic carbocycles. The monoisotopic (exact) mass is 428 g/mol. The first kappa shape index (κ1) is 22.9. The molecule has 0 radical (unpaired) electrons. The zero-order chi connectivity index (χ0) is 22.1. The fourth-order valence-corrected chi connectivity index (χ4v) is 2.43. The Morgan fingerprint density at radius 3 is 2.20 bits per heavy atom. The summed E-state index contributed by atoms with van der Waals surface area (Å²) in [6, 6.07) is 5.53. The number of ether oxygens (including phenoxy) is 4. The molecule has 2 aromatic rings. The summed E-state index contributed by atoms with van der Waals surface area (Å²) in [4.78, 5) is 7.75. The van der Waals surface area contributed by atoms with Crippen LogP contribution in [0.4, 0.5) is 18.9 Å². The molecule has 0 unspecified atom stereocenters. The van der Waals surface area contributed by atoms with Crippen LogP contribution in [0.25, 0.3) is 0 Å². The van der Waals surface area contributed by atoms with Crippen LogP contribution in [0.3, 0.4) is 0 Å². The van der Waals surface area contributed by atoms with E-state index in [1.165, 1.54) is 27.4 Å². The van der Waals surface area contributed by atoms with Gasteiger partial charge in [0.05, 0.1) is 33.4 Å². The number of hydrogen-bond acceptors (Lipinski definition) is 6. The average molecular weight is 428 g/mol. The number of halogens is 3. The van der Waals surface area contributed by atoms with E-state index in [1.807, 2.05) is 0 Å². The van der Waals surface area contributed by atoms with Crippen molar-refractivity contribution >= 4 is 11.6 Å². The molecule has 2 N–H and O–H groups in total. The third-order valence-electron chi connectivity index (χ3n) is 3.86. The molecule has 0 amide bonds. The third kappa shape index (κ3) is 6.06. The van der Waals surface area contributed by atoms with E-state index in [0.717, 1.165) is 12.3 Å². The van der Waals surface area contributed by atoms with Crippen molar-refractivity contribution < 1.29 is 32.1 Å². The van der Waals surface area contributed by atoms with E-state index in [9.17, 15) is 13.2 Å². The molecule has 164 valence electrons. The molecule has 0 saturated heterocycles. The summed E-state index contributed by atoms with van der Waals surface area (Å²) in [6.07, 6.45) is -3.70. The van der Waals surface area contributed by atoms with Crippen LogP contribution in [0.15, 0.2) is 35.5 Å². The van der Waals surface area contributed by atoms with Gasteiger partial charge in [-0.2, -0.15) is 13.2 Å². The first-order valence-corrected chi connectivity index (χ1v) is 8.76. The van der Waals surface area contributed by atoms with E-state index < -0.39 is 11.7 Å². The second-order valence-corrected chi connectivity index (χ2v) is 5.77. The smallest absolute Gasteiger partial charge is 0.417 e. The summed E-state index contributed by atoms with van der Waals surface area (Å²) in [7, 11) is 6.13. The van der Waals surface area contributed by atoms with Gasteiger partial charge >= 0.3 is 6.18 Å². The Bertz CT molecular complexity index is 833. The van der Waals surface area contributed by atoms with E-state index in [0.29, 0.717) is 35.4 Å². The van der Waals surface area contributed by atoms with Gasteiger partial charge < -0.3 is 29.6 Å². The van der Waals surface area contributed by atoms with E-state index in [2.05, 4.69) is 20.6 Å². The highest BCUT2D eigenvalue weighted by Crippen LogP contribution is 2.39. The third-order valence-corrected chi connectivity index (χ3v) is 3.86. The Morgan fingerprint density at radius 2 is 1.73 bits per heavy atom. The van der Waals surface area contributed by atoms with Gasteiger partial charge in [0.15, 0.2) is 17.5 Å². The normalized spacial score (nSPS) is 11.6. The SMILES string of the molecule is CN=C(NCCOc1ccc(C(F)(F)F)cn1)Nc1cc(OC)c(OC)c(OC)c1. The van der Waals surface area contributed by atoms with Crippen LogP contribution in [0.5, 0.6) is 23.1 Å². The number of aromatic nitrogens is 1. The van der Waals surface area contributed by atoms with Gasteiger partial charge in [-0.15, -0.1) is 0 Å². The van der Waals surface area contributed by atoms with Crippen LogP contribution in [0.2, 0.25) is 0 Å². The minimum absolute atomic E-state index is 0.0948. The Kier molecular flexibility index (Phi) is 7.96. The number of hydrogen-bond donors (Lipinski definition) is 2. The van der Waals surface area contributed by atoms with Crippen molar-refractivity contribution in [3.05, 3.63) is 36.0 Å². The molecule has 0 spiro atoms. The molecule has 0 saturated carbocycles. The minimum atomic E-state index is -4.43. The van der Waals surface area contributed by atoms with E-state index in [4.69, 9.17) is 18.9 Å². The maximum absolute atomic E-state index is 12.5. The number of pyridine rings is 1. The van der Waals surface area contributed by atoms with Crippen molar-refractivity contribution in [3.63, 3.8) is 0 Å². The van der Waals surface area contributed by atoms with Gasteiger partial charge in [0.2, 0.25) is 11.6 Å². The summed E-state index contributed by atoms with van der Waals surface area (Å²) < 4.78 is 58.9. The van der Waals surface area contributed by atoms with Crippen LogP contribution in [0, 0.1) is 0 Å². The Morgan fingerprint density at radius 1 is 1.07 bits per heavy atom. The number of benzene rings is 1. The molecule has 11 heteroatoms. The maximum Gasteiger partial charge on any atom is 0.417 e. The molecule has 0 bridgehead atoms. The number of guanidine groups is 1. The van der Waals surface area contributed by atoms with Gasteiger partial charge in [0.25, 0.3) is 0 Å². The lowest BCUT2D eigenvalue weighted by atomic mass is 10.2. The van der Waals surface area contributed by atoms with Gasteiger partial charge in [-0.05, 0) is 6.07 Å². The molecular formula is C19H23F3N4O4. The van der Waals surface area contributed by atoms with Gasteiger partial charge in [0.1, 0.15) is 6.61 Å². The summed E-state index contributed by atoms with van der Waals surface area (Å²) >= 11 is 0. The van der Waals surface area contributed by atoms with Crippen LogP contribution in [-0.4, -0.2) is 52.5 Å². The van der Waals surface area contributed by atoms with Gasteiger partial charge in [-0.3, -0.25) is 4.99 Å². The van der Waals surface area contributed by atoms with Crippen molar-refractivity contribution in [1.82, 2.24) is 10.3 Å². The number of aliphatic imine (C=N–C) groups is 1. The molecule has 0 aliphatic heterocycles. The molecule has 2 rings (SSSR count). The summed E-state index contributed by atoms with van der Waals surface area (Å²) in [6.45, 7) is 0.487. The topological polar surface area (TPSA) is 86.2 Å². The van der Waals surface area contributed by atoms with Gasteiger partial charge in [-0.25, -0.2) is 4.98 Å². The van der Waals surface area contributed by atoms with Crippen molar-refractivity contribution in [2.45, 2.75) is 6.18 Å². The van der Waals surface area contributed by atoms with Crippen LogP contribution in [0.1, 0.15) is 5.56 Å². The zero-order valence-corrected chi connectivity index (χ0v) is 17.0. The number of nitrogens with zero attached hydrogens (tertiary/aromatic N) is 2. The summed E-state index contributed by atoms with van der Waals surface area (Å²) in [5.41, 5.74) is -0.189. The predicted octanol–water partition coefficient (Wildman–Crippen LogP) is 3.19. The highest BCUT2D eigenvalue weighted by Gasteiger charge is 2.30. The van der Waals surface area contributed by atoms with Crippen molar-refractivity contribution in [2.24, 2.45) is 4.99 Å². The van der Waals surface area contributed by atoms with Crippen molar-refractivity contribution in [3.8, 4) is 23.1 Å². The molecule has 0 aliphatic rings. The maximum atomic E-state index is 12.5. The largest absolute Gasteiger partial charge is 0.493 e. The lowest BCUT2D eigenvalue weighted by molar-refractivity contribution is -0.137. The van der Waals surface area contributed by atoms with Crippen molar-refractivity contribution in [2.75, 3.05) is 46.8 Å². The van der Waals surface area contributed by atoms with E-state index >= 15 is 0 Å². The second kappa shape index (κ2) is 10.4. The van der Waals surface area contributed by atoms with Crippen LogP contribution < -0.4 is 29.6 Å². The molecule has 0 atom stereocenters. The average Bonchev–Trinajstić information content (AvgIpc) is 2.74. The van der Waals surface area contributed by atoms with Gasteiger partial charge in [-0.1, -0.05) is 0 Å². The quantitative estimate of drug-likeness (QED) is 0.379. The molecule has 30 heavy (non-hydrogen) atoms. The first-order chi connectivity index (χ1) is 14.3. The standard InChI is InChI=1S/C19H23F3N4O4/c1-23-18(26-13-9-14(27-2)17(29-4)15(10-13)28-3)24-7-8-30-16-6-5-12(11-25-16)19(20,21)22/h5-6,9-11H,7-8H2,1-4H3,(H2,23,24,26). The highest BCUT2D eigenvalue weighted by molar-refractivity contribution is 5.94. The fraction of sp³-hybridized carbons (Fsp3) is 0.368. The Balaban J connectivity index is 1.91. The predicted molar refractivity (Wildman–Crippen MR) is 106 cm³/mol. The molecular weight excluding hydrogens is 405 g/mol. The van der Waals surface area contributed by atoms with E-state index in [-0.39, 0.29) is 12.5 Å². The summed E-state index contributed by atoms with van der Waals surface area (Å²) in [5.74, 6) is 1.95. The lowest BCUT2D eigenvalue weighted by Crippen LogP contribution is -2.33. The number of alkyl halides is 3. The molecule has 8 nitrogen and oxygen atoms in total. The first-order valence-electron chi connectivity index (χ1n) is 8.76. The highest BCUT2D eigenvalue weighted by atomic mass is 19.4. The van der Waals surface area contributed by atoms with E-state index in [1.54, 1.807) is 19.2 Å². The number of rotatable bonds is 8. The van der Waals surface area contributed by atoms with Crippen LogP contribution >= 0.6 is 0 Å². The minimum Gasteiger partial charge on any atom is -0.493 e.